The first-order valence-corrected chi connectivity index (χ1v) is 6.33. The van der Waals surface area contributed by atoms with Crippen LogP contribution < -0.4 is 5.32 Å². The third-order valence-electron chi connectivity index (χ3n) is 2.93. The molecule has 0 aliphatic heterocycles. The summed E-state index contributed by atoms with van der Waals surface area (Å²) in [7, 11) is 0. The van der Waals surface area contributed by atoms with Gasteiger partial charge in [0, 0.05) is 16.7 Å². The SMILES string of the molecule is CC(Nc1cc(Cl)ccc1C#N)c1ccc(F)cc1O. The molecule has 5 heteroatoms. The van der Waals surface area contributed by atoms with Crippen molar-refractivity contribution < 1.29 is 9.50 Å². The van der Waals surface area contributed by atoms with Gasteiger partial charge in [-0.2, -0.15) is 5.26 Å². The monoisotopic (exact) mass is 290 g/mol. The Bertz CT molecular complexity index is 682. The van der Waals surface area contributed by atoms with E-state index in [1.165, 1.54) is 12.1 Å². The van der Waals surface area contributed by atoms with Crippen LogP contribution in [0.1, 0.15) is 24.1 Å². The number of nitriles is 1. The minimum absolute atomic E-state index is 0.134. The van der Waals surface area contributed by atoms with E-state index < -0.39 is 5.82 Å². The van der Waals surface area contributed by atoms with Gasteiger partial charge in [-0.15, -0.1) is 0 Å². The highest BCUT2D eigenvalue weighted by atomic mass is 35.5. The zero-order valence-corrected chi connectivity index (χ0v) is 11.4. The van der Waals surface area contributed by atoms with Crippen LogP contribution in [0.5, 0.6) is 5.75 Å². The van der Waals surface area contributed by atoms with Crippen LogP contribution in [0.2, 0.25) is 5.02 Å². The van der Waals surface area contributed by atoms with Crippen LogP contribution >= 0.6 is 11.6 Å². The van der Waals surface area contributed by atoms with Crippen molar-refractivity contribution in [2.75, 3.05) is 5.32 Å². The molecule has 2 aromatic rings. The lowest BCUT2D eigenvalue weighted by molar-refractivity contribution is 0.459. The summed E-state index contributed by atoms with van der Waals surface area (Å²) in [5.41, 5.74) is 1.55. The van der Waals surface area contributed by atoms with Crippen molar-refractivity contribution in [1.82, 2.24) is 0 Å². The summed E-state index contributed by atoms with van der Waals surface area (Å²) >= 11 is 5.91. The molecule has 1 atom stereocenters. The topological polar surface area (TPSA) is 56.0 Å². The number of halogens is 2. The molecule has 0 heterocycles. The van der Waals surface area contributed by atoms with E-state index in [4.69, 9.17) is 16.9 Å². The third-order valence-corrected chi connectivity index (χ3v) is 3.17. The van der Waals surface area contributed by atoms with Gasteiger partial charge >= 0.3 is 0 Å². The Kier molecular flexibility index (Phi) is 4.11. The summed E-state index contributed by atoms with van der Waals surface area (Å²) in [5.74, 6) is -0.635. The number of hydrogen-bond donors (Lipinski definition) is 2. The predicted octanol–water partition coefficient (Wildman–Crippen LogP) is 4.23. The summed E-state index contributed by atoms with van der Waals surface area (Å²) in [6.07, 6.45) is 0. The first kappa shape index (κ1) is 14.2. The molecular formula is C15H12ClFN2O. The molecule has 0 amide bonds. The minimum Gasteiger partial charge on any atom is -0.507 e. The van der Waals surface area contributed by atoms with Crippen molar-refractivity contribution in [1.29, 1.82) is 5.26 Å². The van der Waals surface area contributed by atoms with E-state index in [0.29, 0.717) is 21.8 Å². The summed E-state index contributed by atoms with van der Waals surface area (Å²) in [6, 6.07) is 10.5. The van der Waals surface area contributed by atoms with Crippen LogP contribution in [0, 0.1) is 17.1 Å². The van der Waals surface area contributed by atoms with Crippen molar-refractivity contribution in [2.24, 2.45) is 0 Å². The van der Waals surface area contributed by atoms with Crippen LogP contribution in [-0.2, 0) is 0 Å². The Morgan fingerprint density at radius 2 is 2.05 bits per heavy atom. The van der Waals surface area contributed by atoms with Gasteiger partial charge < -0.3 is 10.4 Å². The minimum atomic E-state index is -0.501. The Morgan fingerprint density at radius 3 is 2.70 bits per heavy atom. The van der Waals surface area contributed by atoms with E-state index >= 15 is 0 Å². The molecule has 102 valence electrons. The maximum Gasteiger partial charge on any atom is 0.126 e. The highest BCUT2D eigenvalue weighted by Gasteiger charge is 2.13. The van der Waals surface area contributed by atoms with E-state index in [0.717, 1.165) is 6.07 Å². The van der Waals surface area contributed by atoms with Crippen molar-refractivity contribution in [3.8, 4) is 11.8 Å². The third kappa shape index (κ3) is 3.01. The fourth-order valence-electron chi connectivity index (χ4n) is 1.93. The predicted molar refractivity (Wildman–Crippen MR) is 76.3 cm³/mol. The van der Waals surface area contributed by atoms with Crippen molar-refractivity contribution in [3.05, 3.63) is 58.4 Å². The lowest BCUT2D eigenvalue weighted by atomic mass is 10.1. The standard InChI is InChI=1S/C15H12ClFN2O/c1-9(13-5-4-12(17)7-15(13)20)19-14-6-11(16)3-2-10(14)8-18/h2-7,9,19-20H,1H3. The number of benzene rings is 2. The van der Waals surface area contributed by atoms with Crippen LogP contribution in [0.25, 0.3) is 0 Å². The van der Waals surface area contributed by atoms with E-state index in [9.17, 15) is 9.50 Å². The Morgan fingerprint density at radius 1 is 1.30 bits per heavy atom. The molecule has 0 bridgehead atoms. The molecule has 0 saturated carbocycles. The molecule has 3 nitrogen and oxygen atoms in total. The Balaban J connectivity index is 2.30. The second kappa shape index (κ2) is 5.81. The molecule has 0 radical (unpaired) electrons. The van der Waals surface area contributed by atoms with Gasteiger partial charge in [0.25, 0.3) is 0 Å². The molecule has 0 aliphatic carbocycles. The number of hydrogen-bond acceptors (Lipinski definition) is 3. The van der Waals surface area contributed by atoms with Crippen molar-refractivity contribution >= 4 is 17.3 Å². The van der Waals surface area contributed by atoms with Gasteiger partial charge in [0.05, 0.1) is 17.3 Å². The van der Waals surface area contributed by atoms with Gasteiger partial charge in [-0.05, 0) is 31.2 Å². The Hall–Kier alpha value is -2.25. The fraction of sp³-hybridized carbons (Fsp3) is 0.133. The molecule has 1 unspecified atom stereocenters. The Labute approximate surface area is 121 Å². The van der Waals surface area contributed by atoms with Crippen LogP contribution in [0.4, 0.5) is 10.1 Å². The van der Waals surface area contributed by atoms with Gasteiger partial charge in [0.2, 0.25) is 0 Å². The molecule has 0 spiro atoms. The molecule has 2 rings (SSSR count). The maximum atomic E-state index is 13.0. The van der Waals surface area contributed by atoms with Gasteiger partial charge in [-0.3, -0.25) is 0 Å². The van der Waals surface area contributed by atoms with E-state index in [2.05, 4.69) is 11.4 Å². The zero-order valence-electron chi connectivity index (χ0n) is 10.7. The normalized spacial score (nSPS) is 11.7. The van der Waals surface area contributed by atoms with Crippen LogP contribution in [-0.4, -0.2) is 5.11 Å². The quantitative estimate of drug-likeness (QED) is 0.889. The van der Waals surface area contributed by atoms with E-state index in [1.54, 1.807) is 25.1 Å². The van der Waals surface area contributed by atoms with E-state index in [1.807, 2.05) is 0 Å². The van der Waals surface area contributed by atoms with Gasteiger partial charge in [-0.25, -0.2) is 4.39 Å². The number of phenols is 1. The first-order valence-electron chi connectivity index (χ1n) is 5.96. The molecule has 0 aromatic heterocycles. The fourth-order valence-corrected chi connectivity index (χ4v) is 2.10. The number of aromatic hydroxyl groups is 1. The van der Waals surface area contributed by atoms with Gasteiger partial charge in [0.15, 0.2) is 0 Å². The van der Waals surface area contributed by atoms with Crippen LogP contribution in [0.3, 0.4) is 0 Å². The van der Waals surface area contributed by atoms with Gasteiger partial charge in [0.1, 0.15) is 17.6 Å². The molecule has 2 aromatic carbocycles. The molecule has 20 heavy (non-hydrogen) atoms. The van der Waals surface area contributed by atoms with E-state index in [-0.39, 0.29) is 11.8 Å². The summed E-state index contributed by atoms with van der Waals surface area (Å²) in [4.78, 5) is 0. The molecule has 0 aliphatic rings. The zero-order chi connectivity index (χ0) is 14.7. The first-order chi connectivity index (χ1) is 9.51. The number of nitrogens with one attached hydrogen (secondary N) is 1. The largest absolute Gasteiger partial charge is 0.507 e. The highest BCUT2D eigenvalue weighted by Crippen LogP contribution is 2.29. The summed E-state index contributed by atoms with van der Waals surface area (Å²) in [5, 5.41) is 22.4. The van der Waals surface area contributed by atoms with Gasteiger partial charge in [-0.1, -0.05) is 17.7 Å². The second-order valence-electron chi connectivity index (χ2n) is 4.37. The molecule has 0 fully saturated rings. The number of nitrogens with zero attached hydrogens (tertiary/aromatic N) is 1. The highest BCUT2D eigenvalue weighted by molar-refractivity contribution is 6.30. The lowest BCUT2D eigenvalue weighted by Gasteiger charge is -2.18. The second-order valence-corrected chi connectivity index (χ2v) is 4.81. The van der Waals surface area contributed by atoms with Crippen molar-refractivity contribution in [2.45, 2.75) is 13.0 Å². The maximum absolute atomic E-state index is 13.0. The smallest absolute Gasteiger partial charge is 0.126 e. The summed E-state index contributed by atoms with van der Waals surface area (Å²) < 4.78 is 13.0. The lowest BCUT2D eigenvalue weighted by Crippen LogP contribution is -2.08. The van der Waals surface area contributed by atoms with Crippen LogP contribution in [0.15, 0.2) is 36.4 Å². The average molecular weight is 291 g/mol. The number of phenolic OH excluding ortho intramolecular Hbond substituents is 1. The average Bonchev–Trinajstić information content (AvgIpc) is 2.38. The number of rotatable bonds is 3. The summed E-state index contributed by atoms with van der Waals surface area (Å²) in [6.45, 7) is 1.80. The molecular weight excluding hydrogens is 279 g/mol. The molecule has 0 saturated heterocycles. The van der Waals surface area contributed by atoms with Crippen molar-refractivity contribution in [3.63, 3.8) is 0 Å². The number of anilines is 1. The molecule has 2 N–H and O–H groups in total.